The maximum Gasteiger partial charge on any atom is 0.143 e. The van der Waals surface area contributed by atoms with Gasteiger partial charge in [-0.05, 0) is 66.2 Å². The molecule has 0 unspecified atom stereocenters. The smallest absolute Gasteiger partial charge is 0.143 e. The molecule has 0 saturated heterocycles. The van der Waals surface area contributed by atoms with Gasteiger partial charge in [0.05, 0.1) is 34.9 Å². The maximum atomic E-state index is 9.55. The van der Waals surface area contributed by atoms with Crippen LogP contribution in [0.4, 0.5) is 17.1 Å². The van der Waals surface area contributed by atoms with Crippen molar-refractivity contribution in [3.63, 3.8) is 0 Å². The molecule has 1 heterocycles. The van der Waals surface area contributed by atoms with Crippen molar-refractivity contribution in [3.05, 3.63) is 126 Å². The summed E-state index contributed by atoms with van der Waals surface area (Å²) < 4.78 is 6.23. The monoisotopic (exact) mass is 486 g/mol. The fourth-order valence-corrected chi connectivity index (χ4v) is 4.77. The Balaban J connectivity index is 1.48. The van der Waals surface area contributed by atoms with E-state index in [1.165, 1.54) is 0 Å². The molecular formula is C33H18N4O. The highest BCUT2D eigenvalue weighted by Gasteiger charge is 2.16. The predicted octanol–water partition coefficient (Wildman–Crippen LogP) is 8.34. The third kappa shape index (κ3) is 3.90. The molecule has 0 aliphatic rings. The highest BCUT2D eigenvalue weighted by molar-refractivity contribution is 6.09. The molecule has 5 nitrogen and oxygen atoms in total. The molecule has 5 heteroatoms. The van der Waals surface area contributed by atoms with Gasteiger partial charge in [-0.2, -0.15) is 15.8 Å². The number of hydrogen-bond donors (Lipinski definition) is 0. The van der Waals surface area contributed by atoms with Crippen LogP contribution in [0.25, 0.3) is 33.1 Å². The molecule has 0 N–H and O–H groups in total. The molecule has 0 saturated carbocycles. The van der Waals surface area contributed by atoms with E-state index in [4.69, 9.17) is 4.42 Å². The standard InChI is InChI=1S/C33H18N4O/c34-19-22-8-12-26(13-9-22)37(28-17-23(20-35)16-24(18-28)21-36)27-14-10-25(11-15-27)29-5-3-6-31-30-4-1-2-7-32(30)38-33(29)31/h1-18H. The average Bonchev–Trinajstić information content (AvgIpc) is 3.37. The van der Waals surface area contributed by atoms with Crippen molar-refractivity contribution in [3.8, 4) is 29.3 Å². The van der Waals surface area contributed by atoms with Gasteiger partial charge in [-0.25, -0.2) is 0 Å². The van der Waals surface area contributed by atoms with Gasteiger partial charge in [0.25, 0.3) is 0 Å². The molecule has 0 atom stereocenters. The third-order valence-corrected chi connectivity index (χ3v) is 6.53. The molecule has 0 amide bonds. The van der Waals surface area contributed by atoms with Crippen LogP contribution < -0.4 is 4.90 Å². The molecule has 6 rings (SSSR count). The van der Waals surface area contributed by atoms with Crippen molar-refractivity contribution < 1.29 is 4.42 Å². The van der Waals surface area contributed by atoms with Crippen LogP contribution in [0.5, 0.6) is 0 Å². The van der Waals surface area contributed by atoms with E-state index in [-0.39, 0.29) is 0 Å². The lowest BCUT2D eigenvalue weighted by molar-refractivity contribution is 0.670. The van der Waals surface area contributed by atoms with Crippen molar-refractivity contribution >= 4 is 39.0 Å². The summed E-state index contributed by atoms with van der Waals surface area (Å²) in [5.74, 6) is 0. The van der Waals surface area contributed by atoms with E-state index in [2.05, 4.69) is 30.3 Å². The number of nitriles is 3. The number of fused-ring (bicyclic) bond motifs is 3. The van der Waals surface area contributed by atoms with Crippen LogP contribution >= 0.6 is 0 Å². The number of para-hydroxylation sites is 2. The van der Waals surface area contributed by atoms with Crippen LogP contribution in [0.15, 0.2) is 114 Å². The molecule has 1 aromatic heterocycles. The Bertz CT molecular complexity index is 1910. The predicted molar refractivity (Wildman–Crippen MR) is 148 cm³/mol. The lowest BCUT2D eigenvalue weighted by Crippen LogP contribution is -2.10. The molecule has 0 spiro atoms. The minimum Gasteiger partial charge on any atom is -0.455 e. The highest BCUT2D eigenvalue weighted by Crippen LogP contribution is 2.39. The first-order valence-electron chi connectivity index (χ1n) is 11.9. The zero-order valence-corrected chi connectivity index (χ0v) is 20.1. The minimum atomic E-state index is 0.394. The van der Waals surface area contributed by atoms with Crippen LogP contribution in [0.1, 0.15) is 16.7 Å². The Labute approximate surface area is 219 Å². The van der Waals surface area contributed by atoms with Crippen molar-refractivity contribution in [2.24, 2.45) is 0 Å². The molecule has 0 aliphatic carbocycles. The van der Waals surface area contributed by atoms with Gasteiger partial charge >= 0.3 is 0 Å². The quantitative estimate of drug-likeness (QED) is 0.250. The van der Waals surface area contributed by atoms with Crippen molar-refractivity contribution in [1.82, 2.24) is 0 Å². The summed E-state index contributed by atoms with van der Waals surface area (Å²) in [4.78, 5) is 1.97. The minimum absolute atomic E-state index is 0.394. The summed E-state index contributed by atoms with van der Waals surface area (Å²) in [5, 5.41) is 30.5. The van der Waals surface area contributed by atoms with Gasteiger partial charge in [0.2, 0.25) is 0 Å². The van der Waals surface area contributed by atoms with E-state index in [1.807, 2.05) is 71.6 Å². The molecule has 176 valence electrons. The topological polar surface area (TPSA) is 87.8 Å². The Kier molecular flexibility index (Phi) is 5.55. The molecule has 0 radical (unpaired) electrons. The highest BCUT2D eigenvalue weighted by atomic mass is 16.3. The first kappa shape index (κ1) is 22.6. The first-order chi connectivity index (χ1) is 18.7. The van der Waals surface area contributed by atoms with Crippen LogP contribution in [-0.4, -0.2) is 0 Å². The molecule has 0 aliphatic heterocycles. The van der Waals surface area contributed by atoms with E-state index < -0.39 is 0 Å². The van der Waals surface area contributed by atoms with Crippen molar-refractivity contribution in [2.75, 3.05) is 4.90 Å². The van der Waals surface area contributed by atoms with Gasteiger partial charge in [-0.3, -0.25) is 0 Å². The second-order valence-electron chi connectivity index (χ2n) is 8.81. The van der Waals surface area contributed by atoms with E-state index >= 15 is 0 Å². The van der Waals surface area contributed by atoms with Gasteiger partial charge in [-0.15, -0.1) is 0 Å². The second-order valence-corrected chi connectivity index (χ2v) is 8.81. The SMILES string of the molecule is N#Cc1ccc(N(c2ccc(-c3cccc4c3oc3ccccc34)cc2)c2cc(C#N)cc(C#N)c2)cc1. The van der Waals surface area contributed by atoms with Crippen LogP contribution in [0.3, 0.4) is 0 Å². The summed E-state index contributed by atoms with van der Waals surface area (Å²) in [6, 6.07) is 41.0. The van der Waals surface area contributed by atoms with Crippen LogP contribution in [0, 0.1) is 34.0 Å². The zero-order chi connectivity index (χ0) is 26.1. The Morgan fingerprint density at radius 2 is 1.13 bits per heavy atom. The van der Waals surface area contributed by atoms with Gasteiger partial charge < -0.3 is 9.32 Å². The summed E-state index contributed by atoms with van der Waals surface area (Å²) >= 11 is 0. The Morgan fingerprint density at radius 1 is 0.526 bits per heavy atom. The Morgan fingerprint density at radius 3 is 1.79 bits per heavy atom. The number of nitrogens with zero attached hydrogens (tertiary/aromatic N) is 4. The number of benzene rings is 5. The lowest BCUT2D eigenvalue weighted by atomic mass is 10.0. The molecule has 6 aromatic rings. The summed E-state index contributed by atoms with van der Waals surface area (Å²) in [6.45, 7) is 0. The molecule has 5 aromatic carbocycles. The summed E-state index contributed by atoms with van der Waals surface area (Å²) in [7, 11) is 0. The first-order valence-corrected chi connectivity index (χ1v) is 11.9. The fraction of sp³-hybridized carbons (Fsp3) is 0. The van der Waals surface area contributed by atoms with Crippen LogP contribution in [-0.2, 0) is 0 Å². The normalized spacial score (nSPS) is 10.6. The number of hydrogen-bond acceptors (Lipinski definition) is 5. The van der Waals surface area contributed by atoms with Gasteiger partial charge in [0.1, 0.15) is 11.2 Å². The van der Waals surface area contributed by atoms with E-state index in [0.29, 0.717) is 22.4 Å². The second kappa shape index (κ2) is 9.32. The molecule has 0 bridgehead atoms. The molecule has 0 fully saturated rings. The zero-order valence-electron chi connectivity index (χ0n) is 20.1. The van der Waals surface area contributed by atoms with Crippen molar-refractivity contribution in [1.29, 1.82) is 15.8 Å². The maximum absolute atomic E-state index is 9.55. The van der Waals surface area contributed by atoms with Crippen molar-refractivity contribution in [2.45, 2.75) is 0 Å². The van der Waals surface area contributed by atoms with E-state index in [9.17, 15) is 15.8 Å². The lowest BCUT2D eigenvalue weighted by Gasteiger charge is -2.26. The van der Waals surface area contributed by atoms with E-state index in [1.54, 1.807) is 30.3 Å². The number of furan rings is 1. The Hall–Kier alpha value is -5.83. The average molecular weight is 487 g/mol. The summed E-state index contributed by atoms with van der Waals surface area (Å²) in [5.41, 5.74) is 7.34. The van der Waals surface area contributed by atoms with E-state index in [0.717, 1.165) is 44.4 Å². The van der Waals surface area contributed by atoms with Gasteiger partial charge in [0, 0.05) is 33.4 Å². The largest absolute Gasteiger partial charge is 0.455 e. The van der Waals surface area contributed by atoms with Gasteiger partial charge in [-0.1, -0.05) is 48.5 Å². The third-order valence-electron chi connectivity index (χ3n) is 6.53. The number of anilines is 3. The van der Waals surface area contributed by atoms with Gasteiger partial charge in [0.15, 0.2) is 0 Å². The summed E-state index contributed by atoms with van der Waals surface area (Å²) in [6.07, 6.45) is 0. The molecular weight excluding hydrogens is 468 g/mol. The molecule has 38 heavy (non-hydrogen) atoms. The number of rotatable bonds is 4. The fourth-order valence-electron chi connectivity index (χ4n) is 4.77. The van der Waals surface area contributed by atoms with Crippen LogP contribution in [0.2, 0.25) is 0 Å².